The predicted molar refractivity (Wildman–Crippen MR) is 87.8 cm³/mol. The van der Waals surface area contributed by atoms with Crippen molar-refractivity contribution >= 4 is 17.8 Å². The van der Waals surface area contributed by atoms with Crippen LogP contribution in [0.5, 0.6) is 0 Å². The number of hydrazine groups is 1. The highest BCUT2D eigenvalue weighted by Crippen LogP contribution is 2.27. The van der Waals surface area contributed by atoms with Crippen LogP contribution in [0.25, 0.3) is 0 Å². The van der Waals surface area contributed by atoms with Gasteiger partial charge in [0.2, 0.25) is 0 Å². The molecule has 1 unspecified atom stereocenters. The number of hydrogen-bond acceptors (Lipinski definition) is 3. The van der Waals surface area contributed by atoms with Crippen molar-refractivity contribution in [1.82, 2.24) is 15.8 Å². The minimum atomic E-state index is -1.29. The molecule has 1 saturated heterocycles. The Morgan fingerprint density at radius 3 is 2.48 bits per heavy atom. The Balaban J connectivity index is 1.83. The van der Waals surface area contributed by atoms with Crippen molar-refractivity contribution < 1.29 is 18.8 Å². The maximum Gasteiger partial charge on any atom is 0.344 e. The maximum atomic E-state index is 13.6. The minimum absolute atomic E-state index is 0.0111. The van der Waals surface area contributed by atoms with Gasteiger partial charge in [-0.2, -0.15) is 5.01 Å². The van der Waals surface area contributed by atoms with Gasteiger partial charge in [-0.25, -0.2) is 9.18 Å². The first kappa shape index (κ1) is 16.6. The van der Waals surface area contributed by atoms with Gasteiger partial charge in [0, 0.05) is 5.56 Å². The number of hydrogen-bond donors (Lipinski definition) is 2. The first-order valence-electron chi connectivity index (χ1n) is 7.62. The Kier molecular flexibility index (Phi) is 4.00. The van der Waals surface area contributed by atoms with Gasteiger partial charge in [-0.05, 0) is 37.1 Å². The molecule has 3 rings (SSSR count). The molecule has 128 valence electrons. The highest BCUT2D eigenvalue weighted by atomic mass is 19.1. The molecule has 0 bridgehead atoms. The summed E-state index contributed by atoms with van der Waals surface area (Å²) in [4.78, 5) is 37.1. The summed E-state index contributed by atoms with van der Waals surface area (Å²) in [6, 6.07) is 11.9. The van der Waals surface area contributed by atoms with E-state index in [2.05, 4.69) is 10.7 Å². The Morgan fingerprint density at radius 1 is 1.16 bits per heavy atom. The van der Waals surface area contributed by atoms with E-state index >= 15 is 0 Å². The van der Waals surface area contributed by atoms with Crippen molar-refractivity contribution in [2.45, 2.75) is 19.4 Å². The monoisotopic (exact) mass is 341 g/mol. The number of imide groups is 1. The number of carbonyl (C=O) groups is 3. The quantitative estimate of drug-likeness (QED) is 0.841. The third-order valence-corrected chi connectivity index (χ3v) is 4.19. The lowest BCUT2D eigenvalue weighted by atomic mass is 9.92. The van der Waals surface area contributed by atoms with E-state index in [-0.39, 0.29) is 5.56 Å². The molecule has 0 radical (unpaired) electrons. The molecule has 1 fully saturated rings. The van der Waals surface area contributed by atoms with E-state index in [1.165, 1.54) is 12.1 Å². The minimum Gasteiger partial charge on any atom is -0.318 e. The second-order valence-electron chi connectivity index (χ2n) is 5.97. The van der Waals surface area contributed by atoms with Gasteiger partial charge in [0.05, 0.1) is 0 Å². The zero-order valence-electron chi connectivity index (χ0n) is 13.7. The van der Waals surface area contributed by atoms with E-state index in [0.29, 0.717) is 16.1 Å². The first-order chi connectivity index (χ1) is 11.8. The molecule has 2 aromatic rings. The van der Waals surface area contributed by atoms with Crippen LogP contribution in [0.15, 0.2) is 48.5 Å². The fourth-order valence-electron chi connectivity index (χ4n) is 2.61. The zero-order chi connectivity index (χ0) is 18.2. The number of amides is 4. The van der Waals surface area contributed by atoms with Crippen molar-refractivity contribution in [3.8, 4) is 0 Å². The molecule has 1 atom stereocenters. The molecule has 25 heavy (non-hydrogen) atoms. The second kappa shape index (κ2) is 6.01. The highest BCUT2D eigenvalue weighted by Gasteiger charge is 2.50. The molecule has 4 amide bonds. The largest absolute Gasteiger partial charge is 0.344 e. The maximum absolute atomic E-state index is 13.6. The molecule has 0 aliphatic carbocycles. The first-order valence-corrected chi connectivity index (χ1v) is 7.62. The summed E-state index contributed by atoms with van der Waals surface area (Å²) in [7, 11) is 0. The van der Waals surface area contributed by atoms with Crippen molar-refractivity contribution in [1.29, 1.82) is 0 Å². The Hall–Kier alpha value is -3.22. The van der Waals surface area contributed by atoms with E-state index in [9.17, 15) is 18.8 Å². The van der Waals surface area contributed by atoms with Crippen LogP contribution in [0.2, 0.25) is 0 Å². The number of nitrogens with zero attached hydrogens (tertiary/aromatic N) is 1. The van der Waals surface area contributed by atoms with Gasteiger partial charge in [-0.3, -0.25) is 15.0 Å². The third-order valence-electron chi connectivity index (χ3n) is 4.19. The number of rotatable bonds is 3. The number of halogens is 1. The van der Waals surface area contributed by atoms with E-state index < -0.39 is 29.2 Å². The summed E-state index contributed by atoms with van der Waals surface area (Å²) in [5.41, 5.74) is 1.94. The molecule has 0 spiro atoms. The Labute approximate surface area is 143 Å². The van der Waals surface area contributed by atoms with Crippen molar-refractivity contribution in [3.05, 3.63) is 71.0 Å². The van der Waals surface area contributed by atoms with Crippen LogP contribution >= 0.6 is 0 Å². The van der Waals surface area contributed by atoms with E-state index in [0.717, 1.165) is 6.07 Å². The van der Waals surface area contributed by atoms with E-state index in [1.807, 2.05) is 0 Å². The summed E-state index contributed by atoms with van der Waals surface area (Å²) in [5.74, 6) is -1.91. The molecule has 2 N–H and O–H groups in total. The van der Waals surface area contributed by atoms with Crippen LogP contribution in [-0.2, 0) is 10.3 Å². The number of nitrogens with one attached hydrogen (secondary N) is 2. The van der Waals surface area contributed by atoms with Gasteiger partial charge in [0.25, 0.3) is 11.8 Å². The van der Waals surface area contributed by atoms with Crippen LogP contribution in [-0.4, -0.2) is 22.9 Å². The highest BCUT2D eigenvalue weighted by molar-refractivity contribution is 6.09. The van der Waals surface area contributed by atoms with Crippen LogP contribution in [0.4, 0.5) is 9.18 Å². The number of carbonyl (C=O) groups excluding carboxylic acids is 3. The molecule has 0 aromatic heterocycles. The summed E-state index contributed by atoms with van der Waals surface area (Å²) in [5, 5.41) is 3.19. The van der Waals surface area contributed by atoms with Gasteiger partial charge < -0.3 is 5.32 Å². The lowest BCUT2D eigenvalue weighted by molar-refractivity contribution is -0.132. The molecule has 2 aromatic carbocycles. The Morgan fingerprint density at radius 2 is 1.84 bits per heavy atom. The molecule has 0 saturated carbocycles. The molecule has 1 aliphatic rings. The van der Waals surface area contributed by atoms with Gasteiger partial charge in [-0.15, -0.1) is 0 Å². The third kappa shape index (κ3) is 2.84. The lowest BCUT2D eigenvalue weighted by Crippen LogP contribution is -2.47. The molecule has 7 heteroatoms. The number of urea groups is 1. The van der Waals surface area contributed by atoms with E-state index in [1.54, 1.807) is 44.2 Å². The van der Waals surface area contributed by atoms with Crippen LogP contribution in [0.3, 0.4) is 0 Å². The van der Waals surface area contributed by atoms with Crippen LogP contribution < -0.4 is 10.7 Å². The van der Waals surface area contributed by atoms with Gasteiger partial charge in [0.15, 0.2) is 0 Å². The van der Waals surface area contributed by atoms with Crippen LogP contribution in [0, 0.1) is 12.7 Å². The average Bonchev–Trinajstić information content (AvgIpc) is 2.82. The molecule has 6 nitrogen and oxygen atoms in total. The van der Waals surface area contributed by atoms with Crippen molar-refractivity contribution in [2.24, 2.45) is 0 Å². The molecule has 1 heterocycles. The van der Waals surface area contributed by atoms with E-state index in [4.69, 9.17) is 0 Å². The summed E-state index contributed by atoms with van der Waals surface area (Å²) in [6.07, 6.45) is 0. The topological polar surface area (TPSA) is 78.5 Å². The summed E-state index contributed by atoms with van der Waals surface area (Å²) >= 11 is 0. The zero-order valence-corrected chi connectivity index (χ0v) is 13.7. The predicted octanol–water partition coefficient (Wildman–Crippen LogP) is 2.25. The van der Waals surface area contributed by atoms with Gasteiger partial charge in [0.1, 0.15) is 11.4 Å². The molecular weight excluding hydrogens is 325 g/mol. The fraction of sp³-hybridized carbons (Fsp3) is 0.167. The smallest absolute Gasteiger partial charge is 0.318 e. The number of benzene rings is 2. The summed E-state index contributed by atoms with van der Waals surface area (Å²) in [6.45, 7) is 3.13. The lowest BCUT2D eigenvalue weighted by Gasteiger charge is -2.22. The van der Waals surface area contributed by atoms with Crippen molar-refractivity contribution in [3.63, 3.8) is 0 Å². The molecular formula is C18H16FN3O3. The second-order valence-corrected chi connectivity index (χ2v) is 5.97. The van der Waals surface area contributed by atoms with Crippen molar-refractivity contribution in [2.75, 3.05) is 0 Å². The average molecular weight is 341 g/mol. The summed E-state index contributed by atoms with van der Waals surface area (Å²) < 4.78 is 13.6. The Bertz CT molecular complexity index is 869. The normalized spacial score (nSPS) is 19.7. The van der Waals surface area contributed by atoms with Gasteiger partial charge in [-0.1, -0.05) is 36.4 Å². The fourth-order valence-corrected chi connectivity index (χ4v) is 2.61. The molecule has 1 aliphatic heterocycles. The number of aryl methyl sites for hydroxylation is 1. The standard InChI is InChI=1S/C18H16FN3O3/c1-11-8-9-12(10-14(11)19)15(23)21-22-16(24)18(2,20-17(22)25)13-6-4-3-5-7-13/h3-10H,1-2H3,(H,20,25)(H,21,23). The SMILES string of the molecule is Cc1ccc(C(=O)NN2C(=O)NC(C)(c3ccccc3)C2=O)cc1F. The van der Waals surface area contributed by atoms with Gasteiger partial charge >= 0.3 is 6.03 Å². The van der Waals surface area contributed by atoms with Crippen LogP contribution in [0.1, 0.15) is 28.4 Å².